The lowest BCUT2D eigenvalue weighted by Gasteiger charge is -2.33. The van der Waals surface area contributed by atoms with Gasteiger partial charge in [-0.2, -0.15) is 0 Å². The average molecular weight is 431 g/mol. The largest absolute Gasteiger partial charge is 0.494 e. The van der Waals surface area contributed by atoms with Crippen LogP contribution in [0.4, 0.5) is 5.69 Å². The highest BCUT2D eigenvalue weighted by Crippen LogP contribution is 2.24. The van der Waals surface area contributed by atoms with Gasteiger partial charge in [0.25, 0.3) is 5.56 Å². The summed E-state index contributed by atoms with van der Waals surface area (Å²) in [5.41, 5.74) is -0.804. The Morgan fingerprint density at radius 2 is 1.87 bits per heavy atom. The number of likely N-dealkylation sites (tertiary alicyclic amines) is 1. The highest BCUT2D eigenvalue weighted by Gasteiger charge is 2.26. The highest BCUT2D eigenvalue weighted by molar-refractivity contribution is 8.15. The molecule has 0 unspecified atom stereocenters. The van der Waals surface area contributed by atoms with Crippen molar-refractivity contribution in [2.24, 2.45) is 19.1 Å². The number of aromatic nitrogens is 2. The average Bonchev–Trinajstić information content (AvgIpc) is 2.75. The molecule has 160 valence electrons. The van der Waals surface area contributed by atoms with Gasteiger partial charge in [0.15, 0.2) is 0 Å². The standard InChI is InChI=1S/C21H26N4O4S/c1-14-9-7-8-12-25(14)16(26)13-30-18(22-15-10-5-4-6-11-15)17-19(27)23(2)21(29)24(3)20(17)28/h4-6,10-11,14,27H,7-9,12-13H2,1-3H3/t14-/m0/s1. The smallest absolute Gasteiger partial charge is 0.333 e. The summed E-state index contributed by atoms with van der Waals surface area (Å²) < 4.78 is 1.91. The fraction of sp³-hybridized carbons (Fsp3) is 0.429. The van der Waals surface area contributed by atoms with Crippen LogP contribution in [0.15, 0.2) is 44.9 Å². The van der Waals surface area contributed by atoms with Crippen molar-refractivity contribution < 1.29 is 9.90 Å². The zero-order valence-corrected chi connectivity index (χ0v) is 18.2. The molecule has 1 aliphatic heterocycles. The van der Waals surface area contributed by atoms with Gasteiger partial charge in [-0.3, -0.25) is 18.7 Å². The molecule has 0 radical (unpaired) electrons. The molecule has 1 N–H and O–H groups in total. The Labute approximate surface area is 178 Å². The number of piperidine rings is 1. The molecule has 1 amide bonds. The number of nitrogens with zero attached hydrogens (tertiary/aromatic N) is 4. The van der Waals surface area contributed by atoms with Crippen LogP contribution in [0.5, 0.6) is 5.88 Å². The third-order valence-electron chi connectivity index (χ3n) is 5.29. The Balaban J connectivity index is 1.99. The van der Waals surface area contributed by atoms with Gasteiger partial charge in [-0.05, 0) is 38.3 Å². The number of benzene rings is 1. The molecule has 0 saturated carbocycles. The van der Waals surface area contributed by atoms with Crippen molar-refractivity contribution in [2.45, 2.75) is 32.2 Å². The van der Waals surface area contributed by atoms with Crippen molar-refractivity contribution in [3.05, 3.63) is 56.7 Å². The zero-order valence-electron chi connectivity index (χ0n) is 17.4. The first-order valence-electron chi connectivity index (χ1n) is 9.86. The molecule has 1 aromatic heterocycles. The third kappa shape index (κ3) is 4.51. The van der Waals surface area contributed by atoms with Crippen LogP contribution in [0.25, 0.3) is 0 Å². The van der Waals surface area contributed by atoms with Crippen LogP contribution in [0, 0.1) is 0 Å². The first-order valence-corrected chi connectivity index (χ1v) is 10.8. The molecular weight excluding hydrogens is 404 g/mol. The molecule has 1 atom stereocenters. The number of amides is 1. The van der Waals surface area contributed by atoms with E-state index in [0.717, 1.165) is 46.7 Å². The van der Waals surface area contributed by atoms with E-state index in [1.54, 1.807) is 24.3 Å². The molecule has 9 heteroatoms. The Morgan fingerprint density at radius 3 is 2.53 bits per heavy atom. The monoisotopic (exact) mass is 430 g/mol. The van der Waals surface area contributed by atoms with Gasteiger partial charge in [-0.25, -0.2) is 9.79 Å². The van der Waals surface area contributed by atoms with Crippen LogP contribution in [0.3, 0.4) is 0 Å². The Hall–Kier alpha value is -2.81. The Kier molecular flexibility index (Phi) is 6.81. The molecule has 3 rings (SSSR count). The molecule has 0 aliphatic carbocycles. The summed E-state index contributed by atoms with van der Waals surface area (Å²) in [6.07, 6.45) is 3.07. The second kappa shape index (κ2) is 9.34. The van der Waals surface area contributed by atoms with E-state index in [1.165, 1.54) is 14.1 Å². The van der Waals surface area contributed by atoms with E-state index in [0.29, 0.717) is 5.69 Å². The van der Waals surface area contributed by atoms with Gasteiger partial charge in [0, 0.05) is 26.7 Å². The number of aromatic hydroxyl groups is 1. The molecule has 1 aromatic carbocycles. The van der Waals surface area contributed by atoms with Crippen molar-refractivity contribution in [1.29, 1.82) is 0 Å². The van der Waals surface area contributed by atoms with Gasteiger partial charge in [0.05, 0.1) is 11.4 Å². The quantitative estimate of drug-likeness (QED) is 0.591. The van der Waals surface area contributed by atoms with Crippen molar-refractivity contribution >= 4 is 28.4 Å². The van der Waals surface area contributed by atoms with Crippen LogP contribution < -0.4 is 11.2 Å². The lowest BCUT2D eigenvalue weighted by molar-refractivity contribution is -0.131. The van der Waals surface area contributed by atoms with Crippen molar-refractivity contribution in [2.75, 3.05) is 12.3 Å². The van der Waals surface area contributed by atoms with Crippen LogP contribution in [0.2, 0.25) is 0 Å². The van der Waals surface area contributed by atoms with E-state index in [1.807, 2.05) is 17.9 Å². The number of carbonyl (C=O) groups is 1. The van der Waals surface area contributed by atoms with E-state index < -0.39 is 17.1 Å². The number of hydrogen-bond donors (Lipinski definition) is 1. The van der Waals surface area contributed by atoms with Gasteiger partial charge in [0.2, 0.25) is 11.8 Å². The zero-order chi connectivity index (χ0) is 21.8. The number of thioether (sulfide) groups is 1. The maximum absolute atomic E-state index is 12.8. The number of carbonyl (C=O) groups excluding carboxylic acids is 1. The molecule has 30 heavy (non-hydrogen) atoms. The van der Waals surface area contributed by atoms with Gasteiger partial charge < -0.3 is 10.0 Å². The minimum absolute atomic E-state index is 0.0332. The van der Waals surface area contributed by atoms with Crippen LogP contribution in [0.1, 0.15) is 31.7 Å². The van der Waals surface area contributed by atoms with E-state index in [2.05, 4.69) is 4.99 Å². The highest BCUT2D eigenvalue weighted by atomic mass is 32.2. The van der Waals surface area contributed by atoms with E-state index in [-0.39, 0.29) is 28.3 Å². The summed E-state index contributed by atoms with van der Waals surface area (Å²) in [5, 5.41) is 10.7. The molecular formula is C21H26N4O4S. The first kappa shape index (κ1) is 21.9. The second-order valence-electron chi connectivity index (χ2n) is 7.38. The predicted molar refractivity (Wildman–Crippen MR) is 119 cm³/mol. The fourth-order valence-corrected chi connectivity index (χ4v) is 4.40. The maximum Gasteiger partial charge on any atom is 0.333 e. The van der Waals surface area contributed by atoms with Gasteiger partial charge >= 0.3 is 5.69 Å². The number of para-hydroxylation sites is 1. The summed E-state index contributed by atoms with van der Waals surface area (Å²) in [7, 11) is 2.73. The van der Waals surface area contributed by atoms with Crippen molar-refractivity contribution in [3.63, 3.8) is 0 Å². The number of aliphatic imine (C=N–C) groups is 1. The second-order valence-corrected chi connectivity index (χ2v) is 8.34. The molecule has 1 fully saturated rings. The number of rotatable bonds is 4. The van der Waals surface area contributed by atoms with Gasteiger partial charge in [-0.1, -0.05) is 30.0 Å². The molecule has 0 spiro atoms. The molecule has 2 aromatic rings. The molecule has 1 aliphatic rings. The first-order chi connectivity index (χ1) is 14.3. The van der Waals surface area contributed by atoms with E-state index in [9.17, 15) is 19.5 Å². The predicted octanol–water partition coefficient (Wildman–Crippen LogP) is 2.00. The summed E-state index contributed by atoms with van der Waals surface area (Å²) in [5.74, 6) is -0.417. The number of hydrogen-bond acceptors (Lipinski definition) is 6. The molecule has 0 bridgehead atoms. The molecule has 2 heterocycles. The van der Waals surface area contributed by atoms with Crippen LogP contribution in [-0.4, -0.2) is 48.4 Å². The van der Waals surface area contributed by atoms with Crippen molar-refractivity contribution in [3.8, 4) is 5.88 Å². The van der Waals surface area contributed by atoms with Crippen LogP contribution in [-0.2, 0) is 18.9 Å². The minimum Gasteiger partial charge on any atom is -0.494 e. The third-order valence-corrected chi connectivity index (χ3v) is 6.25. The van der Waals surface area contributed by atoms with Gasteiger partial charge in [0.1, 0.15) is 10.6 Å². The lowest BCUT2D eigenvalue weighted by atomic mass is 10.0. The van der Waals surface area contributed by atoms with Gasteiger partial charge in [-0.15, -0.1) is 0 Å². The Morgan fingerprint density at radius 1 is 1.17 bits per heavy atom. The van der Waals surface area contributed by atoms with E-state index in [4.69, 9.17) is 0 Å². The summed E-state index contributed by atoms with van der Waals surface area (Å²) >= 11 is 1.09. The van der Waals surface area contributed by atoms with Crippen molar-refractivity contribution in [1.82, 2.24) is 14.0 Å². The SMILES string of the molecule is C[C@H]1CCCCN1C(=O)CSC(=Nc1ccccc1)c1c(O)n(C)c(=O)n(C)c1=O. The lowest BCUT2D eigenvalue weighted by Crippen LogP contribution is -2.43. The summed E-state index contributed by atoms with van der Waals surface area (Å²) in [4.78, 5) is 44.1. The molecule has 8 nitrogen and oxygen atoms in total. The normalized spacial score (nSPS) is 17.2. The van der Waals surface area contributed by atoms with E-state index >= 15 is 0 Å². The topological polar surface area (TPSA) is 96.9 Å². The van der Waals surface area contributed by atoms with Crippen LogP contribution >= 0.6 is 11.8 Å². The minimum atomic E-state index is -0.656. The Bertz CT molecular complexity index is 1070. The molecule has 1 saturated heterocycles. The maximum atomic E-state index is 12.8. The fourth-order valence-electron chi connectivity index (χ4n) is 3.48. The summed E-state index contributed by atoms with van der Waals surface area (Å²) in [6, 6.07) is 9.16. The summed E-state index contributed by atoms with van der Waals surface area (Å²) in [6.45, 7) is 2.76.